The van der Waals surface area contributed by atoms with Crippen LogP contribution in [0, 0.1) is 5.82 Å². The molecular weight excluding hydrogens is 445 g/mol. The summed E-state index contributed by atoms with van der Waals surface area (Å²) < 4.78 is 13.4. The molecular formula is C28H28FN3OS. The number of aromatic nitrogens is 1. The number of nitrogens with zero attached hydrogens (tertiary/aromatic N) is 1. The molecule has 0 aliphatic rings. The van der Waals surface area contributed by atoms with E-state index >= 15 is 0 Å². The molecule has 34 heavy (non-hydrogen) atoms. The van der Waals surface area contributed by atoms with Gasteiger partial charge >= 0.3 is 0 Å². The van der Waals surface area contributed by atoms with E-state index < -0.39 is 0 Å². The normalized spacial score (nSPS) is 10.9. The number of benzene rings is 3. The second kappa shape index (κ2) is 11.1. The minimum absolute atomic E-state index is 0.132. The molecule has 0 saturated carbocycles. The van der Waals surface area contributed by atoms with Crippen LogP contribution < -0.4 is 10.9 Å². The van der Waals surface area contributed by atoms with E-state index in [2.05, 4.69) is 35.4 Å². The van der Waals surface area contributed by atoms with Gasteiger partial charge in [0.05, 0.1) is 6.54 Å². The van der Waals surface area contributed by atoms with Crippen LogP contribution >= 0.6 is 12.2 Å². The standard InChI is InChI=1S/C28H28FN3OS/c1-2-20-10-13-26-23(16-20)17-24(27(33)31-26)19-32(18-22-8-11-25(29)12-9-22)28(34)30-15-14-21-6-4-3-5-7-21/h3-13,16-17H,2,14-15,18-19H2,1H3,(H,30,34)(H,31,33). The van der Waals surface area contributed by atoms with Crippen LogP contribution in [-0.2, 0) is 25.9 Å². The molecule has 0 spiro atoms. The van der Waals surface area contributed by atoms with E-state index in [4.69, 9.17) is 12.2 Å². The lowest BCUT2D eigenvalue weighted by Gasteiger charge is -2.26. The van der Waals surface area contributed by atoms with Gasteiger partial charge in [0, 0.05) is 24.2 Å². The lowest BCUT2D eigenvalue weighted by molar-refractivity contribution is 0.397. The Morgan fingerprint density at radius 2 is 1.68 bits per heavy atom. The van der Waals surface area contributed by atoms with Crippen LogP contribution in [0.1, 0.15) is 29.2 Å². The molecule has 4 nitrogen and oxygen atoms in total. The van der Waals surface area contributed by atoms with Gasteiger partial charge in [-0.25, -0.2) is 4.39 Å². The fourth-order valence-electron chi connectivity index (χ4n) is 3.92. The van der Waals surface area contributed by atoms with Gasteiger partial charge in [-0.2, -0.15) is 0 Å². The molecule has 2 N–H and O–H groups in total. The highest BCUT2D eigenvalue weighted by atomic mass is 32.1. The molecule has 4 aromatic rings. The minimum Gasteiger partial charge on any atom is -0.362 e. The number of hydrogen-bond acceptors (Lipinski definition) is 2. The number of fused-ring (bicyclic) bond motifs is 1. The number of thiocarbonyl (C=S) groups is 1. The van der Waals surface area contributed by atoms with Crippen molar-refractivity contribution in [3.8, 4) is 0 Å². The van der Waals surface area contributed by atoms with E-state index in [0.29, 0.717) is 30.3 Å². The molecule has 0 radical (unpaired) electrons. The van der Waals surface area contributed by atoms with E-state index in [1.165, 1.54) is 23.3 Å². The summed E-state index contributed by atoms with van der Waals surface area (Å²) in [7, 11) is 0. The summed E-state index contributed by atoms with van der Waals surface area (Å²) in [5.74, 6) is -0.281. The van der Waals surface area contributed by atoms with Crippen molar-refractivity contribution in [2.24, 2.45) is 0 Å². The first-order chi connectivity index (χ1) is 16.5. The predicted octanol–water partition coefficient (Wildman–Crippen LogP) is 5.35. The van der Waals surface area contributed by atoms with E-state index in [0.717, 1.165) is 29.3 Å². The van der Waals surface area contributed by atoms with Gasteiger partial charge in [-0.3, -0.25) is 4.79 Å². The molecule has 1 heterocycles. The molecule has 0 atom stereocenters. The van der Waals surface area contributed by atoms with Crippen LogP contribution in [0.15, 0.2) is 83.7 Å². The predicted molar refractivity (Wildman–Crippen MR) is 140 cm³/mol. The summed E-state index contributed by atoms with van der Waals surface area (Å²) in [5.41, 5.74) is 4.68. The van der Waals surface area contributed by atoms with Crippen LogP contribution in [0.5, 0.6) is 0 Å². The SMILES string of the molecule is CCc1ccc2[nH]c(=O)c(CN(Cc3ccc(F)cc3)C(=S)NCCc3ccccc3)cc2c1. The van der Waals surface area contributed by atoms with E-state index in [1.54, 1.807) is 12.1 Å². The zero-order valence-electron chi connectivity index (χ0n) is 19.2. The summed E-state index contributed by atoms with van der Waals surface area (Å²) in [6, 6.07) is 24.6. The first kappa shape index (κ1) is 23.6. The molecule has 174 valence electrons. The molecule has 0 aliphatic carbocycles. The maximum absolute atomic E-state index is 13.4. The van der Waals surface area contributed by atoms with Crippen LogP contribution in [0.3, 0.4) is 0 Å². The Balaban J connectivity index is 1.55. The maximum atomic E-state index is 13.4. The number of nitrogens with one attached hydrogen (secondary N) is 2. The molecule has 1 aromatic heterocycles. The maximum Gasteiger partial charge on any atom is 0.253 e. The first-order valence-electron chi connectivity index (χ1n) is 11.5. The Labute approximate surface area is 204 Å². The number of H-pyrrole nitrogens is 1. The fourth-order valence-corrected chi connectivity index (χ4v) is 4.16. The molecule has 0 saturated heterocycles. The third kappa shape index (κ3) is 6.08. The number of halogens is 1. The van der Waals surface area contributed by atoms with Gasteiger partial charge in [-0.15, -0.1) is 0 Å². The zero-order chi connectivity index (χ0) is 23.9. The molecule has 0 unspecified atom stereocenters. The fraction of sp³-hybridized carbons (Fsp3) is 0.214. The Bertz CT molecular complexity index is 1320. The molecule has 0 amide bonds. The Morgan fingerprint density at radius 3 is 2.41 bits per heavy atom. The van der Waals surface area contributed by atoms with E-state index in [9.17, 15) is 9.18 Å². The van der Waals surface area contributed by atoms with Gasteiger partial charge in [-0.1, -0.05) is 55.5 Å². The smallest absolute Gasteiger partial charge is 0.253 e. The van der Waals surface area contributed by atoms with Gasteiger partial charge in [0.2, 0.25) is 0 Å². The summed E-state index contributed by atoms with van der Waals surface area (Å²) >= 11 is 5.72. The van der Waals surface area contributed by atoms with Crippen molar-refractivity contribution in [3.63, 3.8) is 0 Å². The van der Waals surface area contributed by atoms with Crippen molar-refractivity contribution in [3.05, 3.63) is 117 Å². The average molecular weight is 474 g/mol. The number of aromatic amines is 1. The molecule has 3 aromatic carbocycles. The van der Waals surface area contributed by atoms with Gasteiger partial charge in [0.1, 0.15) is 5.82 Å². The Hall–Kier alpha value is -3.51. The van der Waals surface area contributed by atoms with Crippen molar-refractivity contribution in [1.82, 2.24) is 15.2 Å². The lowest BCUT2D eigenvalue weighted by atomic mass is 10.1. The third-order valence-electron chi connectivity index (χ3n) is 5.86. The highest BCUT2D eigenvalue weighted by Crippen LogP contribution is 2.16. The summed E-state index contributed by atoms with van der Waals surface area (Å²) in [4.78, 5) is 17.8. The quantitative estimate of drug-likeness (QED) is 0.339. The molecule has 0 bridgehead atoms. The molecule has 0 fully saturated rings. The largest absolute Gasteiger partial charge is 0.362 e. The Morgan fingerprint density at radius 1 is 0.941 bits per heavy atom. The van der Waals surface area contributed by atoms with Crippen LogP contribution in [0.4, 0.5) is 4.39 Å². The number of aryl methyl sites for hydroxylation is 1. The lowest BCUT2D eigenvalue weighted by Crippen LogP contribution is -2.40. The Kier molecular flexibility index (Phi) is 7.70. The van der Waals surface area contributed by atoms with Crippen LogP contribution in [-0.4, -0.2) is 21.5 Å². The summed E-state index contributed by atoms with van der Waals surface area (Å²) in [6.45, 7) is 3.59. The summed E-state index contributed by atoms with van der Waals surface area (Å²) in [5, 5.41) is 4.89. The second-order valence-corrected chi connectivity index (χ2v) is 8.74. The van der Waals surface area contributed by atoms with Crippen molar-refractivity contribution in [1.29, 1.82) is 0 Å². The van der Waals surface area contributed by atoms with Crippen LogP contribution in [0.2, 0.25) is 0 Å². The van der Waals surface area contributed by atoms with Gasteiger partial charge < -0.3 is 15.2 Å². The monoisotopic (exact) mass is 473 g/mol. The number of hydrogen-bond donors (Lipinski definition) is 2. The average Bonchev–Trinajstić information content (AvgIpc) is 2.85. The number of rotatable bonds is 8. The van der Waals surface area contributed by atoms with E-state index in [-0.39, 0.29) is 11.4 Å². The first-order valence-corrected chi connectivity index (χ1v) is 11.9. The van der Waals surface area contributed by atoms with Crippen molar-refractivity contribution in [2.75, 3.05) is 6.54 Å². The zero-order valence-corrected chi connectivity index (χ0v) is 20.0. The highest BCUT2D eigenvalue weighted by molar-refractivity contribution is 7.80. The second-order valence-electron chi connectivity index (χ2n) is 8.35. The number of pyridine rings is 1. The van der Waals surface area contributed by atoms with Gasteiger partial charge in [-0.05, 0) is 77.5 Å². The van der Waals surface area contributed by atoms with Gasteiger partial charge in [0.15, 0.2) is 5.11 Å². The topological polar surface area (TPSA) is 48.1 Å². The van der Waals surface area contributed by atoms with Crippen molar-refractivity contribution in [2.45, 2.75) is 32.9 Å². The van der Waals surface area contributed by atoms with Crippen molar-refractivity contribution < 1.29 is 4.39 Å². The molecule has 0 aliphatic heterocycles. The van der Waals surface area contributed by atoms with Crippen LogP contribution in [0.25, 0.3) is 10.9 Å². The van der Waals surface area contributed by atoms with Gasteiger partial charge in [0.25, 0.3) is 5.56 Å². The molecule has 6 heteroatoms. The minimum atomic E-state index is -0.281. The highest BCUT2D eigenvalue weighted by Gasteiger charge is 2.14. The van der Waals surface area contributed by atoms with E-state index in [1.807, 2.05) is 41.3 Å². The summed E-state index contributed by atoms with van der Waals surface area (Å²) in [6.07, 6.45) is 1.76. The third-order valence-corrected chi connectivity index (χ3v) is 6.26. The molecule has 4 rings (SSSR count). The van der Waals surface area contributed by atoms with Crippen molar-refractivity contribution >= 4 is 28.2 Å².